The van der Waals surface area contributed by atoms with Gasteiger partial charge >= 0.3 is 0 Å². The molecule has 0 radical (unpaired) electrons. The summed E-state index contributed by atoms with van der Waals surface area (Å²) in [6.07, 6.45) is 1.89. The number of anilines is 1. The van der Waals surface area contributed by atoms with Crippen molar-refractivity contribution in [3.63, 3.8) is 0 Å². The number of nitrogens with zero attached hydrogens (tertiary/aromatic N) is 1. The number of carbonyl (C=O) groups is 1. The summed E-state index contributed by atoms with van der Waals surface area (Å²) in [5.41, 5.74) is 3.33. The molecule has 23 heavy (non-hydrogen) atoms. The minimum Gasteiger partial charge on any atom is -0.334 e. The summed E-state index contributed by atoms with van der Waals surface area (Å²) in [6.45, 7) is 1.15. The molecule has 1 amide bonds. The van der Waals surface area contributed by atoms with Crippen LogP contribution in [0.4, 0.5) is 5.69 Å². The minimum atomic E-state index is -3.31. The molecule has 0 bridgehead atoms. The summed E-state index contributed by atoms with van der Waals surface area (Å²) in [7, 11) is -3.31. The Bertz CT molecular complexity index is 832. The van der Waals surface area contributed by atoms with Crippen molar-refractivity contribution in [1.82, 2.24) is 4.90 Å². The first kappa shape index (κ1) is 15.6. The normalized spacial score (nSPS) is 14.2. The molecule has 1 heterocycles. The van der Waals surface area contributed by atoms with E-state index in [-0.39, 0.29) is 5.91 Å². The highest BCUT2D eigenvalue weighted by Gasteiger charge is 2.22. The van der Waals surface area contributed by atoms with Crippen LogP contribution >= 0.6 is 0 Å². The molecule has 3 rings (SSSR count). The molecule has 6 heteroatoms. The summed E-state index contributed by atoms with van der Waals surface area (Å²) >= 11 is 0. The van der Waals surface area contributed by atoms with Gasteiger partial charge in [-0.2, -0.15) is 0 Å². The summed E-state index contributed by atoms with van der Waals surface area (Å²) in [5.74, 6) is -0.00211. The van der Waals surface area contributed by atoms with E-state index in [9.17, 15) is 13.2 Å². The minimum absolute atomic E-state index is 0.00211. The molecule has 0 aromatic heterocycles. The maximum Gasteiger partial charge on any atom is 0.254 e. The van der Waals surface area contributed by atoms with Crippen LogP contribution in [0.2, 0.25) is 0 Å². The zero-order valence-corrected chi connectivity index (χ0v) is 13.6. The van der Waals surface area contributed by atoms with Gasteiger partial charge in [0.2, 0.25) is 10.0 Å². The number of hydrogen-bond donors (Lipinski definition) is 1. The van der Waals surface area contributed by atoms with Crippen molar-refractivity contribution < 1.29 is 13.2 Å². The third kappa shape index (κ3) is 3.71. The Kier molecular flexibility index (Phi) is 4.09. The van der Waals surface area contributed by atoms with Crippen LogP contribution in [0.15, 0.2) is 48.5 Å². The molecule has 1 aliphatic rings. The van der Waals surface area contributed by atoms with Gasteiger partial charge in [-0.25, -0.2) is 8.42 Å². The molecule has 1 aliphatic heterocycles. The molecule has 2 aromatic carbocycles. The molecule has 5 nitrogen and oxygen atoms in total. The first-order valence-electron chi connectivity index (χ1n) is 7.36. The summed E-state index contributed by atoms with van der Waals surface area (Å²) < 4.78 is 25.2. The number of hydrogen-bond acceptors (Lipinski definition) is 3. The summed E-state index contributed by atoms with van der Waals surface area (Å²) in [5, 5.41) is 0. The Balaban J connectivity index is 1.82. The summed E-state index contributed by atoms with van der Waals surface area (Å²) in [4.78, 5) is 14.3. The van der Waals surface area contributed by atoms with Gasteiger partial charge in [-0.3, -0.25) is 9.52 Å². The van der Waals surface area contributed by atoms with Crippen LogP contribution in [-0.2, 0) is 23.0 Å². The first-order chi connectivity index (χ1) is 10.9. The van der Waals surface area contributed by atoms with Crippen LogP contribution in [0.5, 0.6) is 0 Å². The Labute approximate surface area is 136 Å². The second kappa shape index (κ2) is 6.04. The largest absolute Gasteiger partial charge is 0.334 e. The van der Waals surface area contributed by atoms with Gasteiger partial charge in [-0.15, -0.1) is 0 Å². The molecular weight excluding hydrogens is 312 g/mol. The second-order valence-corrected chi connectivity index (χ2v) is 7.45. The van der Waals surface area contributed by atoms with Crippen LogP contribution in [0.25, 0.3) is 0 Å². The Morgan fingerprint density at radius 2 is 1.83 bits per heavy atom. The van der Waals surface area contributed by atoms with Crippen molar-refractivity contribution in [2.45, 2.75) is 13.0 Å². The van der Waals surface area contributed by atoms with Gasteiger partial charge in [0, 0.05) is 24.3 Å². The van der Waals surface area contributed by atoms with Gasteiger partial charge in [0.25, 0.3) is 5.91 Å². The first-order valence-corrected chi connectivity index (χ1v) is 9.25. The van der Waals surface area contributed by atoms with Crippen LogP contribution in [-0.4, -0.2) is 32.0 Å². The maximum absolute atomic E-state index is 12.5. The predicted molar refractivity (Wildman–Crippen MR) is 89.8 cm³/mol. The van der Waals surface area contributed by atoms with Crippen molar-refractivity contribution in [3.8, 4) is 0 Å². The predicted octanol–water partition coefficient (Wildman–Crippen LogP) is 2.26. The van der Waals surface area contributed by atoms with E-state index in [0.29, 0.717) is 24.3 Å². The lowest BCUT2D eigenvalue weighted by atomic mass is 9.98. The fourth-order valence-corrected chi connectivity index (χ4v) is 3.33. The van der Waals surface area contributed by atoms with Gasteiger partial charge in [0.05, 0.1) is 6.26 Å². The van der Waals surface area contributed by atoms with Gasteiger partial charge in [-0.05, 0) is 41.8 Å². The Morgan fingerprint density at radius 1 is 1.09 bits per heavy atom. The zero-order chi connectivity index (χ0) is 16.4. The topological polar surface area (TPSA) is 66.5 Å². The molecular formula is C17H18N2O3S. The van der Waals surface area contributed by atoms with E-state index < -0.39 is 10.0 Å². The fraction of sp³-hybridized carbons (Fsp3) is 0.235. The standard InChI is InChI=1S/C17H18N2O3S/c1-23(21,22)18-16-8-7-13-9-10-19(12-15(13)11-16)17(20)14-5-3-2-4-6-14/h2-8,11,18H,9-10,12H2,1H3. The van der Waals surface area contributed by atoms with Crippen LogP contribution in [0, 0.1) is 0 Å². The van der Waals surface area contributed by atoms with E-state index in [1.165, 1.54) is 0 Å². The van der Waals surface area contributed by atoms with E-state index in [4.69, 9.17) is 0 Å². The SMILES string of the molecule is CS(=O)(=O)Nc1ccc2c(c1)CN(C(=O)c1ccccc1)CC2. The highest BCUT2D eigenvalue weighted by atomic mass is 32.2. The van der Waals surface area contributed by atoms with Gasteiger partial charge in [0.15, 0.2) is 0 Å². The smallest absolute Gasteiger partial charge is 0.254 e. The lowest BCUT2D eigenvalue weighted by Gasteiger charge is -2.29. The number of amides is 1. The molecule has 0 unspecified atom stereocenters. The number of nitrogens with one attached hydrogen (secondary N) is 1. The van der Waals surface area contributed by atoms with E-state index in [2.05, 4.69) is 4.72 Å². The third-order valence-corrected chi connectivity index (χ3v) is 4.44. The Morgan fingerprint density at radius 3 is 2.52 bits per heavy atom. The van der Waals surface area contributed by atoms with Crippen molar-refractivity contribution >= 4 is 21.6 Å². The van der Waals surface area contributed by atoms with E-state index in [1.54, 1.807) is 29.2 Å². The van der Waals surface area contributed by atoms with Crippen molar-refractivity contribution in [1.29, 1.82) is 0 Å². The summed E-state index contributed by atoms with van der Waals surface area (Å²) in [6, 6.07) is 14.7. The number of benzene rings is 2. The monoisotopic (exact) mass is 330 g/mol. The highest BCUT2D eigenvalue weighted by molar-refractivity contribution is 7.92. The average Bonchev–Trinajstić information content (AvgIpc) is 2.53. The fourth-order valence-electron chi connectivity index (χ4n) is 2.77. The molecule has 0 aliphatic carbocycles. The van der Waals surface area contributed by atoms with Gasteiger partial charge in [-0.1, -0.05) is 24.3 Å². The quantitative estimate of drug-likeness (QED) is 0.939. The van der Waals surface area contributed by atoms with Crippen molar-refractivity contribution in [2.24, 2.45) is 0 Å². The molecule has 2 aromatic rings. The van der Waals surface area contributed by atoms with Gasteiger partial charge < -0.3 is 4.90 Å². The number of carbonyl (C=O) groups excluding carboxylic acids is 1. The highest BCUT2D eigenvalue weighted by Crippen LogP contribution is 2.24. The molecule has 1 N–H and O–H groups in total. The second-order valence-electron chi connectivity index (χ2n) is 5.70. The Hall–Kier alpha value is -2.34. The number of sulfonamides is 1. The maximum atomic E-state index is 12.5. The van der Waals surface area contributed by atoms with Crippen LogP contribution < -0.4 is 4.72 Å². The molecule has 0 saturated heterocycles. The van der Waals surface area contributed by atoms with E-state index >= 15 is 0 Å². The van der Waals surface area contributed by atoms with E-state index in [1.807, 2.05) is 24.3 Å². The lowest BCUT2D eigenvalue weighted by molar-refractivity contribution is 0.0734. The molecule has 120 valence electrons. The average molecular weight is 330 g/mol. The molecule has 0 fully saturated rings. The zero-order valence-electron chi connectivity index (χ0n) is 12.8. The third-order valence-electron chi connectivity index (χ3n) is 3.83. The molecule has 0 spiro atoms. The van der Waals surface area contributed by atoms with Crippen LogP contribution in [0.3, 0.4) is 0 Å². The lowest BCUT2D eigenvalue weighted by Crippen LogP contribution is -2.36. The van der Waals surface area contributed by atoms with Crippen molar-refractivity contribution in [3.05, 3.63) is 65.2 Å². The molecule has 0 saturated carbocycles. The van der Waals surface area contributed by atoms with Crippen molar-refractivity contribution in [2.75, 3.05) is 17.5 Å². The van der Waals surface area contributed by atoms with Gasteiger partial charge in [0.1, 0.15) is 0 Å². The molecule has 0 atom stereocenters. The number of rotatable bonds is 3. The number of fused-ring (bicyclic) bond motifs is 1. The van der Waals surface area contributed by atoms with Crippen LogP contribution in [0.1, 0.15) is 21.5 Å². The van der Waals surface area contributed by atoms with E-state index in [0.717, 1.165) is 23.8 Å².